The van der Waals surface area contributed by atoms with Gasteiger partial charge in [-0.3, -0.25) is 9.59 Å². The van der Waals surface area contributed by atoms with Crippen LogP contribution in [-0.4, -0.2) is 41.8 Å². The van der Waals surface area contributed by atoms with Crippen molar-refractivity contribution in [3.8, 4) is 11.1 Å². The van der Waals surface area contributed by atoms with E-state index in [2.05, 4.69) is 34.9 Å². The molecule has 0 radical (unpaired) electrons. The van der Waals surface area contributed by atoms with Gasteiger partial charge < -0.3 is 20.5 Å². The Morgan fingerprint density at radius 3 is 2.28 bits per heavy atom. The smallest absolute Gasteiger partial charge is 0.407 e. The molecule has 3 atom stereocenters. The van der Waals surface area contributed by atoms with Crippen molar-refractivity contribution in [2.75, 3.05) is 6.61 Å². The number of ether oxygens (including phenoxy) is 1. The molecule has 2 amide bonds. The monoisotopic (exact) mass is 436 g/mol. The molecule has 0 aromatic heterocycles. The standard InChI is InChI=1S/C25H28N2O5/c1-15(24(30)27-17-11-10-16(12-17)13-23(28)29)26-25(31)32-14-22-20-8-4-2-6-18(20)19-7-3-5-9-21(19)22/h2-9,15-17,22H,10-14H2,1H3,(H,26,31)(H,27,30)(H,28,29)/t15-,16-,17+/m0/s1. The number of aliphatic carboxylic acids is 1. The van der Waals surface area contributed by atoms with Crippen LogP contribution in [0.15, 0.2) is 48.5 Å². The van der Waals surface area contributed by atoms with Gasteiger partial charge in [0.2, 0.25) is 5.91 Å². The molecule has 3 N–H and O–H groups in total. The summed E-state index contributed by atoms with van der Waals surface area (Å²) in [5.74, 6) is -1.06. The lowest BCUT2D eigenvalue weighted by Gasteiger charge is -2.19. The summed E-state index contributed by atoms with van der Waals surface area (Å²) in [6.45, 7) is 1.80. The molecule has 4 rings (SSSR count). The van der Waals surface area contributed by atoms with Crippen molar-refractivity contribution in [3.63, 3.8) is 0 Å². The Kier molecular flexibility index (Phi) is 6.44. The van der Waals surface area contributed by atoms with Gasteiger partial charge in [-0.05, 0) is 54.4 Å². The third-order valence-corrected chi connectivity index (χ3v) is 6.42. The van der Waals surface area contributed by atoms with Crippen LogP contribution in [0.25, 0.3) is 11.1 Å². The second-order valence-electron chi connectivity index (χ2n) is 8.67. The van der Waals surface area contributed by atoms with Crippen LogP contribution in [0.1, 0.15) is 49.7 Å². The highest BCUT2D eigenvalue weighted by Crippen LogP contribution is 2.44. The molecular formula is C25H28N2O5. The summed E-state index contributed by atoms with van der Waals surface area (Å²) in [7, 11) is 0. The lowest BCUT2D eigenvalue weighted by molar-refractivity contribution is -0.138. The van der Waals surface area contributed by atoms with E-state index in [1.165, 1.54) is 0 Å². The molecule has 0 unspecified atom stereocenters. The number of rotatable bonds is 7. The van der Waals surface area contributed by atoms with Crippen molar-refractivity contribution in [2.24, 2.45) is 5.92 Å². The summed E-state index contributed by atoms with van der Waals surface area (Å²) >= 11 is 0. The zero-order chi connectivity index (χ0) is 22.7. The highest BCUT2D eigenvalue weighted by Gasteiger charge is 2.31. The van der Waals surface area contributed by atoms with Gasteiger partial charge in [-0.15, -0.1) is 0 Å². The predicted molar refractivity (Wildman–Crippen MR) is 119 cm³/mol. The number of carboxylic acids is 1. The number of alkyl carbamates (subject to hydrolysis) is 1. The van der Waals surface area contributed by atoms with Crippen LogP contribution in [0.2, 0.25) is 0 Å². The first-order valence-electron chi connectivity index (χ1n) is 11.1. The van der Waals surface area contributed by atoms with E-state index in [1.807, 2.05) is 24.3 Å². The second kappa shape index (κ2) is 9.42. The maximum Gasteiger partial charge on any atom is 0.407 e. The number of hydrogen-bond acceptors (Lipinski definition) is 4. The third kappa shape index (κ3) is 4.77. The van der Waals surface area contributed by atoms with E-state index in [9.17, 15) is 14.4 Å². The van der Waals surface area contributed by atoms with Gasteiger partial charge in [-0.1, -0.05) is 48.5 Å². The van der Waals surface area contributed by atoms with Crippen molar-refractivity contribution in [2.45, 2.75) is 50.6 Å². The molecule has 2 aromatic rings. The Morgan fingerprint density at radius 1 is 1.03 bits per heavy atom. The highest BCUT2D eigenvalue weighted by atomic mass is 16.5. The molecular weight excluding hydrogens is 408 g/mol. The van der Waals surface area contributed by atoms with Crippen LogP contribution in [0.3, 0.4) is 0 Å². The van der Waals surface area contributed by atoms with Crippen LogP contribution >= 0.6 is 0 Å². The summed E-state index contributed by atoms with van der Waals surface area (Å²) in [6, 6.07) is 15.4. The largest absolute Gasteiger partial charge is 0.481 e. The normalized spacial score (nSPS) is 20.2. The molecule has 0 aliphatic heterocycles. The fourth-order valence-corrected chi connectivity index (χ4v) is 4.85. The van der Waals surface area contributed by atoms with Crippen molar-refractivity contribution in [1.82, 2.24) is 10.6 Å². The van der Waals surface area contributed by atoms with Crippen LogP contribution in [0.4, 0.5) is 4.79 Å². The molecule has 0 spiro atoms. The lowest BCUT2D eigenvalue weighted by Crippen LogP contribution is -2.47. The summed E-state index contributed by atoms with van der Waals surface area (Å²) in [5, 5.41) is 14.4. The molecule has 1 saturated carbocycles. The van der Waals surface area contributed by atoms with E-state index >= 15 is 0 Å². The van der Waals surface area contributed by atoms with Gasteiger partial charge in [0.05, 0.1) is 0 Å². The molecule has 32 heavy (non-hydrogen) atoms. The SMILES string of the molecule is C[C@H](NC(=O)OCC1c2ccccc2-c2ccccc21)C(=O)N[C@@H]1CC[C@H](CC(=O)O)C1. The number of hydrogen-bond donors (Lipinski definition) is 3. The Balaban J connectivity index is 1.28. The zero-order valence-electron chi connectivity index (χ0n) is 18.0. The minimum Gasteiger partial charge on any atom is -0.481 e. The van der Waals surface area contributed by atoms with E-state index < -0.39 is 18.1 Å². The molecule has 2 aliphatic carbocycles. The molecule has 0 heterocycles. The highest BCUT2D eigenvalue weighted by molar-refractivity contribution is 5.85. The van der Waals surface area contributed by atoms with Gasteiger partial charge in [0.15, 0.2) is 0 Å². The average molecular weight is 437 g/mol. The predicted octanol–water partition coefficient (Wildman–Crippen LogP) is 3.67. The first kappa shape index (κ1) is 21.9. The molecule has 2 aliphatic rings. The van der Waals surface area contributed by atoms with Crippen molar-refractivity contribution in [3.05, 3.63) is 59.7 Å². The average Bonchev–Trinajstić information content (AvgIpc) is 3.33. The minimum atomic E-state index is -0.813. The van der Waals surface area contributed by atoms with E-state index in [4.69, 9.17) is 9.84 Å². The number of benzene rings is 2. The van der Waals surface area contributed by atoms with Crippen molar-refractivity contribution in [1.29, 1.82) is 0 Å². The van der Waals surface area contributed by atoms with Crippen LogP contribution in [0, 0.1) is 5.92 Å². The molecule has 2 aromatic carbocycles. The number of amides is 2. The molecule has 0 bridgehead atoms. The van der Waals surface area contributed by atoms with E-state index in [-0.39, 0.29) is 36.8 Å². The van der Waals surface area contributed by atoms with E-state index in [1.54, 1.807) is 6.92 Å². The first-order valence-corrected chi connectivity index (χ1v) is 11.1. The van der Waals surface area contributed by atoms with Gasteiger partial charge in [-0.2, -0.15) is 0 Å². The molecule has 168 valence electrons. The zero-order valence-corrected chi connectivity index (χ0v) is 18.0. The summed E-state index contributed by atoms with van der Waals surface area (Å²) in [6.07, 6.45) is 1.67. The fourth-order valence-electron chi connectivity index (χ4n) is 4.85. The number of carboxylic acid groups (broad SMARTS) is 1. The van der Waals surface area contributed by atoms with Crippen molar-refractivity contribution < 1.29 is 24.2 Å². The summed E-state index contributed by atoms with van der Waals surface area (Å²) in [4.78, 5) is 35.7. The molecule has 0 saturated heterocycles. The second-order valence-corrected chi connectivity index (χ2v) is 8.67. The maximum atomic E-state index is 12.5. The third-order valence-electron chi connectivity index (χ3n) is 6.42. The van der Waals surface area contributed by atoms with E-state index in [0.717, 1.165) is 35.1 Å². The Bertz CT molecular complexity index is 975. The van der Waals surface area contributed by atoms with Gasteiger partial charge in [0.1, 0.15) is 12.6 Å². The van der Waals surface area contributed by atoms with Gasteiger partial charge in [-0.25, -0.2) is 4.79 Å². The van der Waals surface area contributed by atoms with E-state index in [0.29, 0.717) is 6.42 Å². The molecule has 1 fully saturated rings. The van der Waals surface area contributed by atoms with Crippen LogP contribution < -0.4 is 10.6 Å². The Morgan fingerprint density at radius 2 is 1.66 bits per heavy atom. The maximum absolute atomic E-state index is 12.5. The van der Waals surface area contributed by atoms with Crippen LogP contribution in [0.5, 0.6) is 0 Å². The number of fused-ring (bicyclic) bond motifs is 3. The Labute approximate surface area is 187 Å². The molecule has 7 heteroatoms. The quantitative estimate of drug-likeness (QED) is 0.614. The fraction of sp³-hybridized carbons (Fsp3) is 0.400. The molecule has 7 nitrogen and oxygen atoms in total. The van der Waals surface area contributed by atoms with Gasteiger partial charge in [0.25, 0.3) is 0 Å². The van der Waals surface area contributed by atoms with Crippen LogP contribution in [-0.2, 0) is 14.3 Å². The van der Waals surface area contributed by atoms with Crippen molar-refractivity contribution >= 4 is 18.0 Å². The lowest BCUT2D eigenvalue weighted by atomic mass is 9.98. The topological polar surface area (TPSA) is 105 Å². The number of nitrogens with one attached hydrogen (secondary N) is 2. The number of carbonyl (C=O) groups excluding carboxylic acids is 2. The van der Waals surface area contributed by atoms with Gasteiger partial charge >= 0.3 is 12.1 Å². The first-order chi connectivity index (χ1) is 15.4. The Hall–Kier alpha value is -3.35. The summed E-state index contributed by atoms with van der Waals surface area (Å²) in [5.41, 5.74) is 4.57. The number of carbonyl (C=O) groups is 3. The van der Waals surface area contributed by atoms with Gasteiger partial charge in [0, 0.05) is 18.4 Å². The summed E-state index contributed by atoms with van der Waals surface area (Å²) < 4.78 is 5.50. The minimum absolute atomic E-state index is 0.0399.